The van der Waals surface area contributed by atoms with Crippen molar-refractivity contribution < 1.29 is 4.79 Å². The molecule has 1 unspecified atom stereocenters. The minimum Gasteiger partial charge on any atom is -0.358 e. The quantitative estimate of drug-likeness (QED) is 0.629. The van der Waals surface area contributed by atoms with Crippen LogP contribution in [-0.2, 0) is 11.2 Å². The maximum atomic E-state index is 13.0. The van der Waals surface area contributed by atoms with E-state index in [-0.39, 0.29) is 5.92 Å². The number of carbonyl (C=O) groups is 1. The Balaban J connectivity index is 1.35. The van der Waals surface area contributed by atoms with Gasteiger partial charge < -0.3 is 10.2 Å². The van der Waals surface area contributed by atoms with Crippen molar-refractivity contribution in [2.24, 2.45) is 0 Å². The second kappa shape index (κ2) is 7.56. The highest BCUT2D eigenvalue weighted by Gasteiger charge is 2.33. The molecule has 4 aliphatic rings. The van der Waals surface area contributed by atoms with Gasteiger partial charge in [0.2, 0.25) is 0 Å². The first-order valence-electron chi connectivity index (χ1n) is 11.6. The van der Waals surface area contributed by atoms with Crippen molar-refractivity contribution in [3.63, 3.8) is 0 Å². The summed E-state index contributed by atoms with van der Waals surface area (Å²) in [6.07, 6.45) is 14.2. The third-order valence-corrected chi connectivity index (χ3v) is 7.28. The molecule has 2 aliphatic carbocycles. The second-order valence-electron chi connectivity index (χ2n) is 9.18. The monoisotopic (exact) mass is 408 g/mol. The smallest absolute Gasteiger partial charge is 0.161 e. The number of carbonyl (C=O) groups excluding carboxylic acids is 1. The molecule has 0 saturated heterocycles. The first-order chi connectivity index (χ1) is 15.3. The van der Waals surface area contributed by atoms with E-state index in [1.165, 1.54) is 59.4 Å². The zero-order valence-electron chi connectivity index (χ0n) is 17.9. The minimum absolute atomic E-state index is 0.264. The van der Waals surface area contributed by atoms with Crippen LogP contribution in [0.4, 0.5) is 11.4 Å². The van der Waals surface area contributed by atoms with Gasteiger partial charge in [-0.05, 0) is 55.2 Å². The Labute approximate surface area is 184 Å². The summed E-state index contributed by atoms with van der Waals surface area (Å²) in [5.41, 5.74) is 9.87. The molecule has 0 saturated carbocycles. The molecule has 0 spiro atoms. The summed E-state index contributed by atoms with van der Waals surface area (Å²) in [5.74, 6) is 0.566. The van der Waals surface area contributed by atoms with Gasteiger partial charge in [-0.1, -0.05) is 54.6 Å². The number of anilines is 2. The fourth-order valence-corrected chi connectivity index (χ4v) is 5.66. The molecule has 0 bridgehead atoms. The number of nitrogens with one attached hydrogen (secondary N) is 1. The van der Waals surface area contributed by atoms with Crippen LogP contribution >= 0.6 is 0 Å². The number of benzene rings is 2. The van der Waals surface area contributed by atoms with E-state index in [0.717, 1.165) is 30.7 Å². The average molecular weight is 409 g/mol. The molecule has 2 aromatic carbocycles. The van der Waals surface area contributed by atoms with E-state index >= 15 is 0 Å². The van der Waals surface area contributed by atoms with Crippen molar-refractivity contribution in [2.45, 2.75) is 50.9 Å². The van der Waals surface area contributed by atoms with Gasteiger partial charge in [-0.25, -0.2) is 0 Å². The maximum absolute atomic E-state index is 13.0. The van der Waals surface area contributed by atoms with E-state index < -0.39 is 0 Å². The summed E-state index contributed by atoms with van der Waals surface area (Å²) in [7, 11) is 0. The van der Waals surface area contributed by atoms with E-state index in [4.69, 9.17) is 0 Å². The minimum atomic E-state index is 0.264. The Hall–Kier alpha value is -3.07. The lowest BCUT2D eigenvalue weighted by Gasteiger charge is -2.36. The zero-order valence-corrected chi connectivity index (χ0v) is 17.9. The van der Waals surface area contributed by atoms with Crippen LogP contribution in [0.2, 0.25) is 0 Å². The lowest BCUT2D eigenvalue weighted by molar-refractivity contribution is -0.116. The largest absolute Gasteiger partial charge is 0.358 e. The van der Waals surface area contributed by atoms with E-state index in [2.05, 4.69) is 64.8 Å². The van der Waals surface area contributed by atoms with Crippen molar-refractivity contribution in [1.29, 1.82) is 0 Å². The Kier molecular flexibility index (Phi) is 4.56. The predicted molar refractivity (Wildman–Crippen MR) is 127 cm³/mol. The van der Waals surface area contributed by atoms with Gasteiger partial charge in [0.25, 0.3) is 0 Å². The van der Waals surface area contributed by atoms with E-state index in [0.29, 0.717) is 12.2 Å². The highest BCUT2D eigenvalue weighted by molar-refractivity contribution is 6.00. The number of hydrogen-bond acceptors (Lipinski definition) is 3. The summed E-state index contributed by atoms with van der Waals surface area (Å²) in [4.78, 5) is 15.5. The molecule has 31 heavy (non-hydrogen) atoms. The van der Waals surface area contributed by atoms with Gasteiger partial charge in [-0.2, -0.15) is 0 Å². The van der Waals surface area contributed by atoms with Gasteiger partial charge in [0.1, 0.15) is 0 Å². The van der Waals surface area contributed by atoms with Gasteiger partial charge in [0, 0.05) is 41.9 Å². The number of ketones is 1. The molecule has 0 amide bonds. The molecule has 2 aliphatic heterocycles. The molecule has 0 aromatic heterocycles. The second-order valence-corrected chi connectivity index (χ2v) is 9.18. The van der Waals surface area contributed by atoms with Crippen LogP contribution in [0, 0.1) is 0 Å². The van der Waals surface area contributed by atoms with Gasteiger partial charge >= 0.3 is 0 Å². The molecule has 2 aromatic rings. The maximum Gasteiger partial charge on any atom is 0.161 e. The van der Waals surface area contributed by atoms with Gasteiger partial charge in [0.15, 0.2) is 5.78 Å². The summed E-state index contributed by atoms with van der Waals surface area (Å²) in [6.45, 7) is 0.945. The Morgan fingerprint density at radius 2 is 1.90 bits per heavy atom. The van der Waals surface area contributed by atoms with Crippen LogP contribution in [0.25, 0.3) is 6.08 Å². The summed E-state index contributed by atoms with van der Waals surface area (Å²) >= 11 is 0. The predicted octanol–water partition coefficient (Wildman–Crippen LogP) is 6.35. The number of fused-ring (bicyclic) bond motifs is 3. The van der Waals surface area contributed by atoms with Crippen LogP contribution in [0.15, 0.2) is 71.6 Å². The molecule has 0 fully saturated rings. The molecular formula is C28H28N2O. The molecule has 1 atom stereocenters. The lowest BCUT2D eigenvalue weighted by Crippen LogP contribution is -2.29. The molecule has 6 rings (SSSR count). The van der Waals surface area contributed by atoms with Crippen molar-refractivity contribution in [3.05, 3.63) is 88.3 Å². The van der Waals surface area contributed by atoms with E-state index in [9.17, 15) is 4.79 Å². The summed E-state index contributed by atoms with van der Waals surface area (Å²) in [5, 5.41) is 3.74. The molecule has 3 heteroatoms. The van der Waals surface area contributed by atoms with Crippen LogP contribution in [0.1, 0.15) is 61.1 Å². The Morgan fingerprint density at radius 1 is 1.00 bits per heavy atom. The zero-order chi connectivity index (χ0) is 20.8. The van der Waals surface area contributed by atoms with Crippen LogP contribution in [-0.4, -0.2) is 12.3 Å². The Bertz CT molecular complexity index is 1140. The summed E-state index contributed by atoms with van der Waals surface area (Å²) < 4.78 is 0. The number of allylic oxidation sites excluding steroid dienone is 4. The highest BCUT2D eigenvalue weighted by atomic mass is 16.1. The molecular weight excluding hydrogens is 380 g/mol. The van der Waals surface area contributed by atoms with Gasteiger partial charge in [0.05, 0.1) is 11.4 Å². The molecule has 0 radical (unpaired) electrons. The average Bonchev–Trinajstić information content (AvgIpc) is 2.83. The van der Waals surface area contributed by atoms with E-state index in [1.54, 1.807) is 0 Å². The standard InChI is InChI=1S/C28H28N2O/c31-27-18-21(19-8-3-1-4-9-19)17-25-24(27)16-20-13-14-26-23(28(20)29-25)12-7-15-30(26)22-10-5-2-6-11-22/h1,3-4,7-10,12-14,21,29H,2,5-6,11,15-18H2. The SMILES string of the molecule is O=C1CC(c2ccccc2)CC2=C1Cc1ccc3c(c1N2)C=CCN3C1=CCCCC1. The fraction of sp³-hybridized carbons (Fsp3) is 0.321. The molecule has 2 heterocycles. The van der Waals surface area contributed by atoms with Crippen molar-refractivity contribution >= 4 is 23.2 Å². The normalized spacial score (nSPS) is 22.3. The number of hydrogen-bond donors (Lipinski definition) is 1. The lowest BCUT2D eigenvalue weighted by atomic mass is 9.78. The highest BCUT2D eigenvalue weighted by Crippen LogP contribution is 2.45. The van der Waals surface area contributed by atoms with Crippen molar-refractivity contribution in [3.8, 4) is 0 Å². The van der Waals surface area contributed by atoms with Crippen LogP contribution in [0.3, 0.4) is 0 Å². The van der Waals surface area contributed by atoms with Crippen LogP contribution < -0.4 is 10.2 Å². The Morgan fingerprint density at radius 3 is 2.74 bits per heavy atom. The van der Waals surface area contributed by atoms with Gasteiger partial charge in [-0.15, -0.1) is 0 Å². The molecule has 1 N–H and O–H groups in total. The van der Waals surface area contributed by atoms with Crippen molar-refractivity contribution in [2.75, 3.05) is 16.8 Å². The molecule has 156 valence electrons. The third kappa shape index (κ3) is 3.23. The molecule has 3 nitrogen and oxygen atoms in total. The third-order valence-electron chi connectivity index (χ3n) is 7.28. The number of nitrogens with zero attached hydrogens (tertiary/aromatic N) is 1. The number of rotatable bonds is 2. The number of Topliss-reactive ketones (excluding diaryl/α,β-unsaturated/α-hetero) is 1. The van der Waals surface area contributed by atoms with Gasteiger partial charge in [-0.3, -0.25) is 4.79 Å². The van der Waals surface area contributed by atoms with E-state index in [1.807, 2.05) is 6.07 Å². The van der Waals surface area contributed by atoms with Crippen LogP contribution in [0.5, 0.6) is 0 Å². The van der Waals surface area contributed by atoms with Crippen molar-refractivity contribution in [1.82, 2.24) is 0 Å². The topological polar surface area (TPSA) is 32.3 Å². The first kappa shape index (κ1) is 18.7. The summed E-state index contributed by atoms with van der Waals surface area (Å²) in [6, 6.07) is 15.0. The fourth-order valence-electron chi connectivity index (χ4n) is 5.66. The first-order valence-corrected chi connectivity index (χ1v) is 11.6.